The first-order valence-electron chi connectivity index (χ1n) is 19.8. The van der Waals surface area contributed by atoms with Crippen LogP contribution in [0.3, 0.4) is 0 Å². The van der Waals surface area contributed by atoms with Gasteiger partial charge in [0.1, 0.15) is 0 Å². The number of fused-ring (bicyclic) bond motifs is 6. The normalized spacial score (nSPS) is 11.4. The van der Waals surface area contributed by atoms with Crippen molar-refractivity contribution >= 4 is 70.1 Å². The lowest BCUT2D eigenvalue weighted by molar-refractivity contribution is 1.29. The number of rotatable bonds is 7. The molecule has 1 aromatic heterocycles. The molecule has 11 aromatic rings. The Morgan fingerprint density at radius 3 is 1.67 bits per heavy atom. The maximum Gasteiger partial charge on any atom is 0.0546 e. The molecule has 0 N–H and O–H groups in total. The lowest BCUT2D eigenvalue weighted by atomic mass is 9.87. The molecule has 2 heteroatoms. The molecule has 0 atom stereocenters. The smallest absolute Gasteiger partial charge is 0.0546 e. The van der Waals surface area contributed by atoms with E-state index in [-0.39, 0.29) is 0 Å². The molecule has 58 heavy (non-hydrogen) atoms. The van der Waals surface area contributed by atoms with E-state index in [2.05, 4.69) is 229 Å². The van der Waals surface area contributed by atoms with E-state index in [0.29, 0.717) is 0 Å². The first kappa shape index (κ1) is 34.0. The molecule has 0 aliphatic heterocycles. The molecule has 0 aliphatic carbocycles. The molecule has 0 amide bonds. The van der Waals surface area contributed by atoms with Crippen LogP contribution >= 0.6 is 11.3 Å². The number of hydrogen-bond donors (Lipinski definition) is 0. The molecule has 0 aliphatic rings. The second-order valence-corrected chi connectivity index (χ2v) is 15.9. The number of hydrogen-bond acceptors (Lipinski definition) is 2. The van der Waals surface area contributed by atoms with Crippen LogP contribution in [-0.4, -0.2) is 0 Å². The first-order valence-corrected chi connectivity index (χ1v) is 20.7. The van der Waals surface area contributed by atoms with Crippen LogP contribution in [0, 0.1) is 0 Å². The lowest BCUT2D eigenvalue weighted by Gasteiger charge is -2.30. The Hall–Kier alpha value is -7.26. The monoisotopic (exact) mass is 755 g/mol. The van der Waals surface area contributed by atoms with Crippen LogP contribution in [0.5, 0.6) is 0 Å². The summed E-state index contributed by atoms with van der Waals surface area (Å²) < 4.78 is 2.64. The van der Waals surface area contributed by atoms with E-state index in [1.54, 1.807) is 0 Å². The second kappa shape index (κ2) is 14.4. The Morgan fingerprint density at radius 1 is 0.310 bits per heavy atom. The van der Waals surface area contributed by atoms with Gasteiger partial charge in [-0.15, -0.1) is 11.3 Å². The molecule has 0 radical (unpaired) electrons. The van der Waals surface area contributed by atoms with Gasteiger partial charge in [-0.3, -0.25) is 0 Å². The van der Waals surface area contributed by atoms with Crippen molar-refractivity contribution in [1.29, 1.82) is 0 Å². The van der Waals surface area contributed by atoms with Gasteiger partial charge in [0.05, 0.1) is 5.69 Å². The minimum atomic E-state index is 1.09. The van der Waals surface area contributed by atoms with E-state index in [4.69, 9.17) is 0 Å². The van der Waals surface area contributed by atoms with Gasteiger partial charge in [-0.05, 0) is 96.9 Å². The third kappa shape index (κ3) is 5.86. The van der Waals surface area contributed by atoms with Crippen LogP contribution in [0.1, 0.15) is 0 Å². The molecule has 0 unspecified atom stereocenters. The van der Waals surface area contributed by atoms with Gasteiger partial charge in [0.25, 0.3) is 0 Å². The quantitative estimate of drug-likeness (QED) is 0.146. The van der Waals surface area contributed by atoms with Crippen molar-refractivity contribution in [2.75, 3.05) is 4.90 Å². The summed E-state index contributed by atoms with van der Waals surface area (Å²) in [7, 11) is 0. The summed E-state index contributed by atoms with van der Waals surface area (Å²) in [5.74, 6) is 0. The van der Waals surface area contributed by atoms with Gasteiger partial charge in [-0.1, -0.05) is 188 Å². The maximum atomic E-state index is 2.46. The van der Waals surface area contributed by atoms with Crippen molar-refractivity contribution in [3.05, 3.63) is 224 Å². The Morgan fingerprint density at radius 2 is 0.862 bits per heavy atom. The van der Waals surface area contributed by atoms with Crippen molar-refractivity contribution in [3.8, 4) is 44.5 Å². The van der Waals surface area contributed by atoms with Gasteiger partial charge >= 0.3 is 0 Å². The summed E-state index contributed by atoms with van der Waals surface area (Å²) in [6, 6.07) is 82.0. The molecule has 1 nitrogen and oxygen atoms in total. The van der Waals surface area contributed by atoms with E-state index in [1.807, 2.05) is 11.3 Å². The van der Waals surface area contributed by atoms with Crippen molar-refractivity contribution < 1.29 is 0 Å². The molecule has 0 fully saturated rings. The van der Waals surface area contributed by atoms with Crippen molar-refractivity contribution in [1.82, 2.24) is 0 Å². The summed E-state index contributed by atoms with van der Waals surface area (Å²) in [4.78, 5) is 2.46. The van der Waals surface area contributed by atoms with Gasteiger partial charge < -0.3 is 4.90 Å². The third-order valence-electron chi connectivity index (χ3n) is 11.5. The van der Waals surface area contributed by atoms with E-state index in [0.717, 1.165) is 17.1 Å². The minimum Gasteiger partial charge on any atom is -0.310 e. The number of nitrogens with zero attached hydrogens (tertiary/aromatic N) is 1. The highest BCUT2D eigenvalue weighted by Crippen LogP contribution is 2.49. The fraction of sp³-hybridized carbons (Fsp3) is 0. The molecule has 1 heterocycles. The number of anilines is 3. The first-order chi connectivity index (χ1) is 28.8. The van der Waals surface area contributed by atoms with E-state index in [1.165, 1.54) is 86.2 Å². The molecule has 272 valence electrons. The average molecular weight is 756 g/mol. The maximum absolute atomic E-state index is 2.46. The highest BCUT2D eigenvalue weighted by Gasteiger charge is 2.23. The zero-order chi connectivity index (χ0) is 38.4. The lowest BCUT2D eigenvalue weighted by Crippen LogP contribution is -2.12. The molecular weight excluding hydrogens is 719 g/mol. The summed E-state index contributed by atoms with van der Waals surface area (Å²) in [5, 5.41) is 7.60. The highest BCUT2D eigenvalue weighted by atomic mass is 32.1. The number of thiophene rings is 1. The van der Waals surface area contributed by atoms with E-state index >= 15 is 0 Å². The zero-order valence-corrected chi connectivity index (χ0v) is 32.5. The van der Waals surface area contributed by atoms with Gasteiger partial charge in [0, 0.05) is 37.1 Å². The largest absolute Gasteiger partial charge is 0.310 e. The fourth-order valence-electron chi connectivity index (χ4n) is 8.77. The van der Waals surface area contributed by atoms with Crippen LogP contribution in [0.4, 0.5) is 17.1 Å². The second-order valence-electron chi connectivity index (χ2n) is 14.8. The van der Waals surface area contributed by atoms with Gasteiger partial charge in [0.2, 0.25) is 0 Å². The van der Waals surface area contributed by atoms with Crippen LogP contribution in [0.25, 0.3) is 86.2 Å². The fourth-order valence-corrected chi connectivity index (χ4v) is 10.0. The Bertz CT molecular complexity index is 3270. The van der Waals surface area contributed by atoms with Crippen LogP contribution in [0.2, 0.25) is 0 Å². The SMILES string of the molecule is c1ccc(-c2ccccc2-c2c(-c3ccccc3)cccc2N(c2ccc(-c3cccc4c3sc3ccccc34)cc2)c2ccc3c(ccc4ccccc43)c2)cc1. The topological polar surface area (TPSA) is 3.24 Å². The Labute approximate surface area is 342 Å². The van der Waals surface area contributed by atoms with Crippen LogP contribution in [0.15, 0.2) is 224 Å². The minimum absolute atomic E-state index is 1.09. The molecular formula is C56H37NS. The zero-order valence-electron chi connectivity index (χ0n) is 31.7. The van der Waals surface area contributed by atoms with E-state index in [9.17, 15) is 0 Å². The summed E-state index contributed by atoms with van der Waals surface area (Å²) in [5.41, 5.74) is 12.9. The molecule has 0 saturated heterocycles. The average Bonchev–Trinajstić information content (AvgIpc) is 3.69. The molecule has 0 saturated carbocycles. The van der Waals surface area contributed by atoms with Gasteiger partial charge in [-0.2, -0.15) is 0 Å². The van der Waals surface area contributed by atoms with Crippen molar-refractivity contribution in [2.24, 2.45) is 0 Å². The van der Waals surface area contributed by atoms with Crippen molar-refractivity contribution in [2.45, 2.75) is 0 Å². The predicted octanol–water partition coefficient (Wildman–Crippen LogP) is 16.5. The standard InChI is InChI=1S/C56H37NS/c1-3-15-38(16-4-1)46-21-9-10-23-51(46)55-48(39-17-5-2-6-18-39)24-14-27-53(55)57(44-35-36-47-42(37-44)30-29-40-19-7-8-20-45(40)47)43-33-31-41(32-34-43)49-25-13-26-52-50-22-11-12-28-54(50)58-56(49)52/h1-37H. The van der Waals surface area contributed by atoms with Crippen LogP contribution < -0.4 is 4.90 Å². The summed E-state index contributed by atoms with van der Waals surface area (Å²) in [6.07, 6.45) is 0. The van der Waals surface area contributed by atoms with Crippen LogP contribution in [-0.2, 0) is 0 Å². The van der Waals surface area contributed by atoms with Crippen molar-refractivity contribution in [3.63, 3.8) is 0 Å². The highest BCUT2D eigenvalue weighted by molar-refractivity contribution is 7.26. The molecule has 11 rings (SSSR count). The summed E-state index contributed by atoms with van der Waals surface area (Å²) in [6.45, 7) is 0. The van der Waals surface area contributed by atoms with Gasteiger partial charge in [0.15, 0.2) is 0 Å². The van der Waals surface area contributed by atoms with Gasteiger partial charge in [-0.25, -0.2) is 0 Å². The summed E-state index contributed by atoms with van der Waals surface area (Å²) >= 11 is 1.88. The predicted molar refractivity (Wildman–Crippen MR) is 251 cm³/mol. The number of benzene rings is 10. The Kier molecular flexibility index (Phi) is 8.42. The molecule has 10 aromatic carbocycles. The molecule has 0 spiro atoms. The molecule has 0 bridgehead atoms. The third-order valence-corrected chi connectivity index (χ3v) is 12.7. The van der Waals surface area contributed by atoms with E-state index < -0.39 is 0 Å². The Balaban J connectivity index is 1.16.